The highest BCUT2D eigenvalue weighted by molar-refractivity contribution is 7.65. The Labute approximate surface area is 194 Å². The first-order valence-electron chi connectivity index (χ1n) is 8.91. The van der Waals surface area contributed by atoms with Crippen LogP contribution in [0.15, 0.2) is 42.5 Å². The molecule has 0 spiro atoms. The van der Waals surface area contributed by atoms with E-state index < -0.39 is 17.7 Å². The van der Waals surface area contributed by atoms with Crippen LogP contribution >= 0.6 is 66.5 Å². The number of hydrogen-bond acceptors (Lipinski definition) is 1. The number of rotatable bonds is 7. The zero-order chi connectivity index (χ0) is 20.7. The molecular weight excluding hydrogens is 515 g/mol. The van der Waals surface area contributed by atoms with Crippen molar-refractivity contribution in [3.05, 3.63) is 42.5 Å². The third-order valence-electron chi connectivity index (χ3n) is 4.78. The Hall–Kier alpha value is 0.214. The molecule has 0 aliphatic heterocycles. The van der Waals surface area contributed by atoms with E-state index in [4.69, 9.17) is 71.2 Å². The van der Waals surface area contributed by atoms with E-state index in [1.54, 1.807) is 0 Å². The fraction of sp³-hybridized carbons (Fsp3) is 0.333. The van der Waals surface area contributed by atoms with Gasteiger partial charge in [-0.1, -0.05) is 38.1 Å². The molecule has 2 unspecified atom stereocenters. The minimum Gasteiger partial charge on any atom is -0.489 e. The van der Waals surface area contributed by atoms with Crippen LogP contribution in [0.5, 0.6) is 5.75 Å². The Bertz CT molecular complexity index is 982. The van der Waals surface area contributed by atoms with E-state index in [0.29, 0.717) is 18.6 Å². The second kappa shape index (κ2) is 8.76. The monoisotopic (exact) mass is 531 g/mol. The van der Waals surface area contributed by atoms with E-state index in [1.165, 1.54) is 0 Å². The lowest BCUT2D eigenvalue weighted by Crippen LogP contribution is -2.36. The molecule has 0 amide bonds. The Morgan fingerprint density at radius 3 is 2.04 bits per heavy atom. The molecule has 0 aliphatic rings. The van der Waals surface area contributed by atoms with Gasteiger partial charge in [-0.3, -0.25) is 0 Å². The molecule has 0 saturated heterocycles. The van der Waals surface area contributed by atoms with Crippen molar-refractivity contribution in [1.82, 2.24) is 4.57 Å². The van der Waals surface area contributed by atoms with Gasteiger partial charge in [-0.15, -0.1) is 66.5 Å². The minimum atomic E-state index is -3.04. The van der Waals surface area contributed by atoms with Crippen molar-refractivity contribution in [3.8, 4) is 5.75 Å². The summed E-state index contributed by atoms with van der Waals surface area (Å²) in [6.45, 7) is 3.98. The van der Waals surface area contributed by atoms with Gasteiger partial charge in [0.2, 0.25) is 0 Å². The van der Waals surface area contributed by atoms with Gasteiger partial charge in [-0.25, -0.2) is 0 Å². The Kier molecular flexibility index (Phi) is 7.16. The van der Waals surface area contributed by atoms with Gasteiger partial charge in [0.1, 0.15) is 11.5 Å². The fourth-order valence-corrected chi connectivity index (χ4v) is 9.36. The first-order valence-corrected chi connectivity index (χ1v) is 19.1. The average molecular weight is 534 g/mol. The third kappa shape index (κ3) is 4.45. The van der Waals surface area contributed by atoms with Gasteiger partial charge in [0.05, 0.1) is 11.2 Å². The summed E-state index contributed by atoms with van der Waals surface area (Å²) in [5, 5.41) is 1.97. The Morgan fingerprint density at radius 1 is 0.821 bits per heavy atom. The largest absolute Gasteiger partial charge is 0.489 e. The van der Waals surface area contributed by atoms with Gasteiger partial charge < -0.3 is 9.30 Å². The topological polar surface area (TPSA) is 14.2 Å². The van der Waals surface area contributed by atoms with Crippen molar-refractivity contribution in [2.75, 3.05) is 0 Å². The molecule has 0 bridgehead atoms. The summed E-state index contributed by atoms with van der Waals surface area (Å²) in [7, 11) is 0. The van der Waals surface area contributed by atoms with Crippen LogP contribution in [-0.4, -0.2) is 22.3 Å². The van der Waals surface area contributed by atoms with Gasteiger partial charge in [0.15, 0.2) is 0 Å². The van der Waals surface area contributed by atoms with Crippen LogP contribution in [-0.2, 0) is 0 Å². The van der Waals surface area contributed by atoms with Crippen molar-refractivity contribution in [1.29, 1.82) is 0 Å². The van der Waals surface area contributed by atoms with Crippen LogP contribution in [0.25, 0.3) is 21.8 Å². The maximum Gasteiger partial charge on any atom is 0.381 e. The standard InChI is InChI=1S/C18H19Cl6NOSi2/c1-3-16(27(19,20)21)25-13-9-6-5-8-12(13)18-14(25)10-7-11-15(18)26-17(4-2)28(22,23)24/h5-11,16-17H,3-4H2,1-2H3. The molecule has 0 aliphatic carbocycles. The van der Waals surface area contributed by atoms with E-state index in [1.807, 2.05) is 56.3 Å². The highest BCUT2D eigenvalue weighted by Gasteiger charge is 2.40. The summed E-state index contributed by atoms with van der Waals surface area (Å²) >= 11 is 38.2. The fourth-order valence-electron chi connectivity index (χ4n) is 3.55. The van der Waals surface area contributed by atoms with E-state index in [0.717, 1.165) is 21.8 Å². The molecule has 2 atom stereocenters. The highest BCUT2D eigenvalue weighted by atomic mass is 35.8. The molecule has 28 heavy (non-hydrogen) atoms. The van der Waals surface area contributed by atoms with E-state index in [-0.39, 0.29) is 5.67 Å². The summed E-state index contributed by atoms with van der Waals surface area (Å²) in [5.74, 6) is 0.680. The lowest BCUT2D eigenvalue weighted by molar-refractivity contribution is 0.275. The van der Waals surface area contributed by atoms with Gasteiger partial charge in [0, 0.05) is 16.3 Å². The number of para-hydroxylation sites is 1. The number of hydrogen-bond donors (Lipinski definition) is 0. The quantitative estimate of drug-likeness (QED) is 0.220. The SMILES string of the molecule is CCC(Oc1cccc2c1c1ccccc1n2C(CC)[Si](Cl)(Cl)Cl)[Si](Cl)(Cl)Cl. The number of ether oxygens (including phenoxy) is 1. The number of halogens is 6. The van der Waals surface area contributed by atoms with Crippen LogP contribution in [0.1, 0.15) is 32.4 Å². The third-order valence-corrected chi connectivity index (χ3v) is 11.9. The zero-order valence-electron chi connectivity index (χ0n) is 15.2. The predicted molar refractivity (Wildman–Crippen MR) is 130 cm³/mol. The lowest BCUT2D eigenvalue weighted by atomic mass is 10.1. The molecule has 10 heteroatoms. The second-order valence-corrected chi connectivity index (χ2v) is 24.2. The maximum atomic E-state index is 6.47. The van der Waals surface area contributed by atoms with Crippen molar-refractivity contribution in [3.63, 3.8) is 0 Å². The minimum absolute atomic E-state index is 0.209. The number of fused-ring (bicyclic) bond motifs is 3. The summed E-state index contributed by atoms with van der Waals surface area (Å²) in [4.78, 5) is 0. The van der Waals surface area contributed by atoms with Crippen LogP contribution in [0.4, 0.5) is 0 Å². The maximum absolute atomic E-state index is 6.47. The molecule has 0 fully saturated rings. The number of benzene rings is 2. The summed E-state index contributed by atoms with van der Waals surface area (Å²) in [6, 6.07) is 7.81. The van der Waals surface area contributed by atoms with Crippen molar-refractivity contribution in [2.45, 2.75) is 38.1 Å². The normalized spacial score (nSPS) is 15.1. The molecule has 2 aromatic carbocycles. The van der Waals surface area contributed by atoms with E-state index in [9.17, 15) is 0 Å². The molecular formula is C18H19Cl6NOSi2. The molecule has 152 valence electrons. The van der Waals surface area contributed by atoms with Crippen LogP contribution < -0.4 is 4.74 Å². The van der Waals surface area contributed by atoms with Gasteiger partial charge in [-0.05, 0) is 31.0 Å². The zero-order valence-corrected chi connectivity index (χ0v) is 21.8. The van der Waals surface area contributed by atoms with Gasteiger partial charge >= 0.3 is 12.0 Å². The van der Waals surface area contributed by atoms with Crippen LogP contribution in [0, 0.1) is 0 Å². The van der Waals surface area contributed by atoms with Gasteiger partial charge in [0.25, 0.3) is 0 Å². The summed E-state index contributed by atoms with van der Waals surface area (Å²) in [5.41, 5.74) is 1.29. The van der Waals surface area contributed by atoms with Crippen LogP contribution in [0.3, 0.4) is 0 Å². The Morgan fingerprint density at radius 2 is 1.46 bits per heavy atom. The number of nitrogens with zero attached hydrogens (tertiary/aromatic N) is 1. The second-order valence-electron chi connectivity index (χ2n) is 6.56. The van der Waals surface area contributed by atoms with Crippen molar-refractivity contribution < 1.29 is 4.74 Å². The molecule has 0 saturated carbocycles. The van der Waals surface area contributed by atoms with Gasteiger partial charge in [-0.2, -0.15) is 0 Å². The van der Waals surface area contributed by atoms with Crippen LogP contribution in [0.2, 0.25) is 0 Å². The smallest absolute Gasteiger partial charge is 0.381 e. The molecule has 1 aromatic heterocycles. The van der Waals surface area contributed by atoms with Crippen molar-refractivity contribution >= 4 is 100 Å². The first-order chi connectivity index (χ1) is 13.1. The molecule has 1 heterocycles. The molecule has 0 radical (unpaired) electrons. The predicted octanol–water partition coefficient (Wildman–Crippen LogP) is 8.29. The highest BCUT2D eigenvalue weighted by Crippen LogP contribution is 2.44. The lowest BCUT2D eigenvalue weighted by Gasteiger charge is -2.25. The first kappa shape index (κ1) is 22.9. The van der Waals surface area contributed by atoms with E-state index >= 15 is 0 Å². The average Bonchev–Trinajstić information content (AvgIpc) is 2.93. The molecule has 0 N–H and O–H groups in total. The molecule has 3 aromatic rings. The number of aromatic nitrogens is 1. The summed E-state index contributed by atoms with van der Waals surface area (Å²) in [6.07, 6.45) is 1.32. The summed E-state index contributed by atoms with van der Waals surface area (Å²) < 4.78 is 8.36. The molecule has 3 rings (SSSR count). The van der Waals surface area contributed by atoms with E-state index in [2.05, 4.69) is 4.57 Å². The Balaban J connectivity index is 2.30. The molecule has 2 nitrogen and oxygen atoms in total. The van der Waals surface area contributed by atoms with Crippen molar-refractivity contribution in [2.24, 2.45) is 0 Å².